The van der Waals surface area contributed by atoms with E-state index in [1.807, 2.05) is 13.2 Å². The van der Waals surface area contributed by atoms with E-state index in [-0.39, 0.29) is 5.82 Å². The SMILES string of the molecule is Cn1cc(-c2cc(F)cs2)cn1. The second-order valence-corrected chi connectivity index (χ2v) is 3.44. The highest BCUT2D eigenvalue weighted by atomic mass is 32.1. The zero-order valence-electron chi connectivity index (χ0n) is 6.49. The highest BCUT2D eigenvalue weighted by Gasteiger charge is 2.03. The summed E-state index contributed by atoms with van der Waals surface area (Å²) in [4.78, 5) is 0.917. The molecule has 0 aliphatic heterocycles. The largest absolute Gasteiger partial charge is 0.275 e. The quantitative estimate of drug-likeness (QED) is 0.661. The summed E-state index contributed by atoms with van der Waals surface area (Å²) < 4.78 is 14.3. The molecular weight excluding hydrogens is 175 g/mol. The Morgan fingerprint density at radius 1 is 1.58 bits per heavy atom. The Hall–Kier alpha value is -1.16. The van der Waals surface area contributed by atoms with Crippen LogP contribution in [-0.4, -0.2) is 9.78 Å². The third-order valence-electron chi connectivity index (χ3n) is 1.56. The van der Waals surface area contributed by atoms with Crippen LogP contribution in [0.25, 0.3) is 10.4 Å². The van der Waals surface area contributed by atoms with E-state index < -0.39 is 0 Å². The molecule has 0 atom stereocenters. The van der Waals surface area contributed by atoms with Crippen molar-refractivity contribution in [3.8, 4) is 10.4 Å². The van der Waals surface area contributed by atoms with Gasteiger partial charge in [-0.1, -0.05) is 0 Å². The molecule has 2 rings (SSSR count). The molecule has 62 valence electrons. The number of hydrogen-bond acceptors (Lipinski definition) is 2. The molecule has 0 aliphatic rings. The van der Waals surface area contributed by atoms with Crippen LogP contribution in [0.1, 0.15) is 0 Å². The third kappa shape index (κ3) is 1.25. The molecule has 4 heteroatoms. The van der Waals surface area contributed by atoms with E-state index in [1.165, 1.54) is 22.8 Å². The Morgan fingerprint density at radius 2 is 2.42 bits per heavy atom. The number of hydrogen-bond donors (Lipinski definition) is 0. The molecule has 2 aromatic heterocycles. The van der Waals surface area contributed by atoms with Gasteiger partial charge in [-0.2, -0.15) is 5.10 Å². The minimum atomic E-state index is -0.182. The second-order valence-electron chi connectivity index (χ2n) is 2.53. The molecule has 2 aromatic rings. The van der Waals surface area contributed by atoms with Crippen LogP contribution in [0.2, 0.25) is 0 Å². The van der Waals surface area contributed by atoms with Crippen LogP contribution in [0.4, 0.5) is 4.39 Å². The molecule has 0 N–H and O–H groups in total. The van der Waals surface area contributed by atoms with Crippen molar-refractivity contribution in [1.29, 1.82) is 0 Å². The summed E-state index contributed by atoms with van der Waals surface area (Å²) >= 11 is 1.39. The van der Waals surface area contributed by atoms with E-state index in [1.54, 1.807) is 10.9 Å². The van der Waals surface area contributed by atoms with Crippen molar-refractivity contribution in [3.05, 3.63) is 29.7 Å². The van der Waals surface area contributed by atoms with Gasteiger partial charge in [0.15, 0.2) is 0 Å². The average Bonchev–Trinajstić information content (AvgIpc) is 2.58. The Bertz CT molecular complexity index is 353. The first-order valence-electron chi connectivity index (χ1n) is 3.49. The van der Waals surface area contributed by atoms with Crippen molar-refractivity contribution in [3.63, 3.8) is 0 Å². The van der Waals surface area contributed by atoms with Crippen LogP contribution in [-0.2, 0) is 7.05 Å². The predicted octanol–water partition coefficient (Wildman–Crippen LogP) is 2.29. The summed E-state index contributed by atoms with van der Waals surface area (Å²) in [5.74, 6) is -0.182. The van der Waals surface area contributed by atoms with Gasteiger partial charge in [0.1, 0.15) is 5.82 Å². The summed E-state index contributed by atoms with van der Waals surface area (Å²) in [5, 5.41) is 5.49. The average molecular weight is 182 g/mol. The molecule has 2 heterocycles. The summed E-state index contributed by atoms with van der Waals surface area (Å²) in [6.07, 6.45) is 3.59. The molecule has 12 heavy (non-hydrogen) atoms. The van der Waals surface area contributed by atoms with E-state index in [0.717, 1.165) is 10.4 Å². The van der Waals surface area contributed by atoms with E-state index in [9.17, 15) is 4.39 Å². The van der Waals surface area contributed by atoms with Crippen molar-refractivity contribution < 1.29 is 4.39 Å². The van der Waals surface area contributed by atoms with Crippen molar-refractivity contribution in [1.82, 2.24) is 9.78 Å². The zero-order chi connectivity index (χ0) is 8.55. The van der Waals surface area contributed by atoms with Gasteiger partial charge >= 0.3 is 0 Å². The monoisotopic (exact) mass is 182 g/mol. The van der Waals surface area contributed by atoms with Gasteiger partial charge in [0.25, 0.3) is 0 Å². The Kier molecular flexibility index (Phi) is 1.69. The van der Waals surface area contributed by atoms with E-state index in [0.29, 0.717) is 0 Å². The Labute approximate surface area is 73.3 Å². The molecule has 0 spiro atoms. The summed E-state index contributed by atoms with van der Waals surface area (Å²) in [6.45, 7) is 0. The molecule has 0 saturated carbocycles. The predicted molar refractivity (Wildman–Crippen MR) is 46.5 cm³/mol. The number of thiophene rings is 1. The molecule has 0 saturated heterocycles. The number of halogens is 1. The number of aromatic nitrogens is 2. The van der Waals surface area contributed by atoms with Gasteiger partial charge in [0.05, 0.1) is 6.20 Å². The van der Waals surface area contributed by atoms with Crippen molar-refractivity contribution >= 4 is 11.3 Å². The first-order chi connectivity index (χ1) is 5.75. The molecule has 2 nitrogen and oxygen atoms in total. The minimum absolute atomic E-state index is 0.182. The number of aryl methyl sites for hydroxylation is 1. The first-order valence-corrected chi connectivity index (χ1v) is 4.37. The summed E-state index contributed by atoms with van der Waals surface area (Å²) in [7, 11) is 1.84. The lowest BCUT2D eigenvalue weighted by atomic mass is 10.3. The van der Waals surface area contributed by atoms with Crippen LogP contribution < -0.4 is 0 Å². The Morgan fingerprint density at radius 3 is 2.92 bits per heavy atom. The van der Waals surface area contributed by atoms with Gasteiger partial charge in [-0.15, -0.1) is 11.3 Å². The molecule has 0 bridgehead atoms. The van der Waals surface area contributed by atoms with Gasteiger partial charge < -0.3 is 0 Å². The standard InChI is InChI=1S/C8H7FN2S/c1-11-4-6(3-10-11)8-2-7(9)5-12-8/h2-5H,1H3. The van der Waals surface area contributed by atoms with E-state index in [4.69, 9.17) is 0 Å². The molecule has 0 aliphatic carbocycles. The van der Waals surface area contributed by atoms with E-state index in [2.05, 4.69) is 5.10 Å². The fraction of sp³-hybridized carbons (Fsp3) is 0.125. The summed E-state index contributed by atoms with van der Waals surface area (Å²) in [5.41, 5.74) is 0.964. The normalized spacial score (nSPS) is 10.5. The van der Waals surface area contributed by atoms with Crippen LogP contribution in [0.15, 0.2) is 23.8 Å². The maximum Gasteiger partial charge on any atom is 0.134 e. The molecular formula is C8H7FN2S. The smallest absolute Gasteiger partial charge is 0.134 e. The Balaban J connectivity index is 2.43. The lowest BCUT2D eigenvalue weighted by Crippen LogP contribution is -1.83. The molecule has 0 fully saturated rings. The van der Waals surface area contributed by atoms with Gasteiger partial charge in [-0.3, -0.25) is 4.68 Å². The van der Waals surface area contributed by atoms with Crippen LogP contribution >= 0.6 is 11.3 Å². The van der Waals surface area contributed by atoms with E-state index >= 15 is 0 Å². The van der Waals surface area contributed by atoms with Gasteiger partial charge in [0.2, 0.25) is 0 Å². The van der Waals surface area contributed by atoms with Gasteiger partial charge in [0, 0.05) is 29.1 Å². The number of nitrogens with zero attached hydrogens (tertiary/aromatic N) is 2. The second kappa shape index (κ2) is 2.71. The highest BCUT2D eigenvalue weighted by molar-refractivity contribution is 7.13. The maximum absolute atomic E-state index is 12.6. The fourth-order valence-corrected chi connectivity index (χ4v) is 1.74. The fourth-order valence-electron chi connectivity index (χ4n) is 1.01. The van der Waals surface area contributed by atoms with Gasteiger partial charge in [-0.25, -0.2) is 4.39 Å². The highest BCUT2D eigenvalue weighted by Crippen LogP contribution is 2.25. The van der Waals surface area contributed by atoms with Crippen molar-refractivity contribution in [2.24, 2.45) is 7.05 Å². The molecule has 0 amide bonds. The molecule has 0 aromatic carbocycles. The van der Waals surface area contributed by atoms with Crippen molar-refractivity contribution in [2.75, 3.05) is 0 Å². The summed E-state index contributed by atoms with van der Waals surface area (Å²) in [6, 6.07) is 1.52. The maximum atomic E-state index is 12.6. The third-order valence-corrected chi connectivity index (χ3v) is 2.51. The molecule has 0 radical (unpaired) electrons. The van der Waals surface area contributed by atoms with Crippen LogP contribution in [0.3, 0.4) is 0 Å². The van der Waals surface area contributed by atoms with Crippen LogP contribution in [0.5, 0.6) is 0 Å². The van der Waals surface area contributed by atoms with Gasteiger partial charge in [-0.05, 0) is 6.07 Å². The zero-order valence-corrected chi connectivity index (χ0v) is 7.31. The first kappa shape index (κ1) is 7.49. The lowest BCUT2D eigenvalue weighted by molar-refractivity contribution is 0.633. The topological polar surface area (TPSA) is 17.8 Å². The molecule has 0 unspecified atom stereocenters. The van der Waals surface area contributed by atoms with Crippen LogP contribution in [0, 0.1) is 5.82 Å². The number of rotatable bonds is 1. The lowest BCUT2D eigenvalue weighted by Gasteiger charge is -1.85. The van der Waals surface area contributed by atoms with Crippen molar-refractivity contribution in [2.45, 2.75) is 0 Å². The minimum Gasteiger partial charge on any atom is -0.275 e.